The Balaban J connectivity index is 0.000000208. The zero-order chi connectivity index (χ0) is 106. The lowest BCUT2D eigenvalue weighted by Crippen LogP contribution is -2.54. The Morgan fingerprint density at radius 2 is 0.708 bits per heavy atom. The number of halogens is 12. The molecule has 7 aromatic carbocycles. The van der Waals surface area contributed by atoms with Crippen molar-refractivity contribution in [2.24, 2.45) is 0 Å². The third-order valence-corrected chi connectivity index (χ3v) is 24.1. The Hall–Kier alpha value is -13.9. The Bertz CT molecular complexity index is 5760. The van der Waals surface area contributed by atoms with Crippen LogP contribution >= 0.6 is 0 Å². The molecule has 0 saturated heterocycles. The second-order valence-electron chi connectivity index (χ2n) is 36.7. The second-order valence-corrected chi connectivity index (χ2v) is 36.7. The predicted molar refractivity (Wildman–Crippen MR) is 502 cm³/mol. The number of alkyl carbamates (subject to hydrolysis) is 2. The van der Waals surface area contributed by atoms with Crippen molar-refractivity contribution in [3.8, 4) is 28.7 Å². The molecule has 30 nitrogen and oxygen atoms in total. The minimum absolute atomic E-state index is 0.00625. The van der Waals surface area contributed by atoms with Crippen molar-refractivity contribution >= 4 is 88.4 Å². The zero-order valence-corrected chi connectivity index (χ0v) is 82.1. The van der Waals surface area contributed by atoms with Gasteiger partial charge in [-0.25, -0.2) is 67.9 Å². The Labute approximate surface area is 824 Å². The van der Waals surface area contributed by atoms with E-state index in [1.807, 2.05) is 93.7 Å². The van der Waals surface area contributed by atoms with Crippen LogP contribution in [0.4, 0.5) is 79.3 Å². The number of hydrogen-bond donors (Lipinski definition) is 4. The maximum absolute atomic E-state index is 14.3. The average molecular weight is 2040 g/mol. The van der Waals surface area contributed by atoms with E-state index in [0.29, 0.717) is 5.56 Å². The van der Waals surface area contributed by atoms with Gasteiger partial charge in [0.25, 0.3) is 67.6 Å². The summed E-state index contributed by atoms with van der Waals surface area (Å²) < 4.78 is 207. The van der Waals surface area contributed by atoms with E-state index in [1.165, 1.54) is 66.7 Å². The normalized spacial score (nSPS) is 15.8. The van der Waals surface area contributed by atoms with Gasteiger partial charge in [-0.1, -0.05) is 99.2 Å². The molecule has 144 heavy (non-hydrogen) atoms. The van der Waals surface area contributed by atoms with Crippen molar-refractivity contribution in [1.82, 2.24) is 25.8 Å². The Kier molecular flexibility index (Phi) is 39.4. The molecular formula is C102H118F12N8O22. The van der Waals surface area contributed by atoms with Crippen LogP contribution < -0.4 is 49.6 Å². The van der Waals surface area contributed by atoms with E-state index in [0.717, 1.165) is 139 Å². The number of phenolic OH excluding ortho intramolecular Hbond substituents is 1. The van der Waals surface area contributed by atoms with Crippen molar-refractivity contribution < 1.29 is 158 Å². The van der Waals surface area contributed by atoms with Crippen LogP contribution in [-0.2, 0) is 67.3 Å². The molecule has 0 atom stereocenters. The predicted octanol–water partition coefficient (Wildman–Crippen LogP) is 19.6. The molecule has 0 aromatic heterocycles. The number of aromatic hydroxyl groups is 1. The molecule has 782 valence electrons. The number of nitrogens with one attached hydrogen (secondary N) is 3. The molecule has 4 aliphatic heterocycles. The highest BCUT2D eigenvalue weighted by Gasteiger charge is 2.48. The monoisotopic (exact) mass is 2030 g/mol. The van der Waals surface area contributed by atoms with Gasteiger partial charge in [-0.05, 0) is 187 Å². The Morgan fingerprint density at radius 1 is 0.396 bits per heavy atom. The molecule has 13 rings (SSSR count). The number of fused-ring (bicyclic) bond motifs is 4. The smallest absolute Gasteiger partial charge is 0.407 e. The number of alkyl halides is 12. The van der Waals surface area contributed by atoms with Crippen LogP contribution in [0.15, 0.2) is 127 Å². The van der Waals surface area contributed by atoms with Gasteiger partial charge in [0.05, 0.1) is 66.2 Å². The highest BCUT2D eigenvalue weighted by Crippen LogP contribution is 2.48. The lowest BCUT2D eigenvalue weighted by Gasteiger charge is -2.40. The Morgan fingerprint density at radius 3 is 1.05 bits per heavy atom. The lowest BCUT2D eigenvalue weighted by molar-refractivity contribution is -0.133. The van der Waals surface area contributed by atoms with E-state index >= 15 is 0 Å². The van der Waals surface area contributed by atoms with E-state index in [1.54, 1.807) is 37.5 Å². The summed E-state index contributed by atoms with van der Waals surface area (Å²) in [5, 5.41) is 16.2. The molecule has 2 aliphatic carbocycles. The fraction of sp³-hybridized carbons (Fsp3) is 0.471. The van der Waals surface area contributed by atoms with Gasteiger partial charge < -0.3 is 88.2 Å². The maximum Gasteiger partial charge on any atom is 0.407 e. The number of phenols is 1. The molecule has 7 aromatic rings. The first-order chi connectivity index (χ1) is 67.8. The van der Waals surface area contributed by atoms with Crippen molar-refractivity contribution in [2.45, 2.75) is 252 Å². The van der Waals surface area contributed by atoms with E-state index in [4.69, 9.17) is 33.5 Å². The number of amides is 8. The summed E-state index contributed by atoms with van der Waals surface area (Å²) in [7, 11) is 3.29. The number of methoxy groups -OCH3 is 3. The third kappa shape index (κ3) is 28.6. The van der Waals surface area contributed by atoms with E-state index in [9.17, 15) is 110 Å². The summed E-state index contributed by atoms with van der Waals surface area (Å²) in [6.07, 6.45) is -9.78. The first kappa shape index (κ1) is 114. The summed E-state index contributed by atoms with van der Waals surface area (Å²) in [6.45, 7) is 19.3. The van der Waals surface area contributed by atoms with Gasteiger partial charge in [-0.15, -0.1) is 0 Å². The van der Waals surface area contributed by atoms with Crippen LogP contribution in [0.25, 0.3) is 0 Å². The van der Waals surface area contributed by atoms with Crippen molar-refractivity contribution in [2.75, 3.05) is 75.3 Å². The topological polar surface area (TPSA) is 360 Å². The van der Waals surface area contributed by atoms with Crippen molar-refractivity contribution in [1.29, 1.82) is 0 Å². The summed E-state index contributed by atoms with van der Waals surface area (Å²) in [5.41, 5.74) is -6.39. The van der Waals surface area contributed by atoms with Crippen LogP contribution in [0, 0.1) is 0 Å². The van der Waals surface area contributed by atoms with Crippen LogP contribution in [-0.4, -0.2) is 200 Å². The number of carbonyl (C=O) groups is 12. The molecule has 42 heteroatoms. The minimum atomic E-state index is -3.21. The molecule has 8 amide bonds. The summed E-state index contributed by atoms with van der Waals surface area (Å²) >= 11 is 0. The molecule has 4 heterocycles. The molecule has 0 spiro atoms. The van der Waals surface area contributed by atoms with Crippen LogP contribution in [0.3, 0.4) is 0 Å². The quantitative estimate of drug-likeness (QED) is 0.0201. The lowest BCUT2D eigenvalue weighted by atomic mass is 9.90. The van der Waals surface area contributed by atoms with Crippen LogP contribution in [0.1, 0.15) is 276 Å². The molecule has 0 radical (unpaired) electrons. The molecule has 2 saturated carbocycles. The second kappa shape index (κ2) is 49.9. The largest absolute Gasteiger partial charge is 0.508 e. The highest BCUT2D eigenvalue weighted by atomic mass is 19.3. The first-order valence-electron chi connectivity index (χ1n) is 46.3. The minimum Gasteiger partial charge on any atom is -0.508 e. The van der Waals surface area contributed by atoms with Gasteiger partial charge >= 0.3 is 36.5 Å². The number of ketones is 1. The fourth-order valence-corrected chi connectivity index (χ4v) is 16.9. The first-order valence-corrected chi connectivity index (χ1v) is 46.3. The van der Waals surface area contributed by atoms with Gasteiger partial charge in [0.2, 0.25) is 0 Å². The van der Waals surface area contributed by atoms with Crippen LogP contribution in [0.2, 0.25) is 0 Å². The number of benzene rings is 7. The number of nitrogens with zero attached hydrogens (tertiary/aromatic N) is 5. The summed E-state index contributed by atoms with van der Waals surface area (Å²) in [5.74, 6) is -6.84. The van der Waals surface area contributed by atoms with Gasteiger partial charge in [0.15, 0.2) is 28.2 Å². The zero-order valence-electron chi connectivity index (χ0n) is 82.1. The van der Waals surface area contributed by atoms with Crippen molar-refractivity contribution in [3.05, 3.63) is 200 Å². The average Bonchev–Trinajstić information content (AvgIpc) is 0.751. The number of Topliss-reactive ketones (excluding diaryl/α,β-unsaturated/α-hetero) is 1. The van der Waals surface area contributed by atoms with Crippen LogP contribution in [0.5, 0.6) is 28.7 Å². The van der Waals surface area contributed by atoms with Gasteiger partial charge in [0, 0.05) is 103 Å². The molecule has 4 N–H and O–H groups in total. The van der Waals surface area contributed by atoms with Gasteiger partial charge in [0.1, 0.15) is 42.0 Å². The summed E-state index contributed by atoms with van der Waals surface area (Å²) in [6, 6.07) is 30.2. The summed E-state index contributed by atoms with van der Waals surface area (Å²) in [4.78, 5) is 156. The third-order valence-electron chi connectivity index (χ3n) is 24.1. The number of anilines is 3. The molecule has 6 aliphatic rings. The number of ether oxygens (including phenoxy) is 9. The fourth-order valence-electron chi connectivity index (χ4n) is 16.9. The number of esters is 3. The highest BCUT2D eigenvalue weighted by molar-refractivity contribution is 6.08. The molecular weight excluding hydrogens is 1920 g/mol. The number of rotatable bonds is 28. The molecule has 0 bridgehead atoms. The molecule has 0 unspecified atom stereocenters. The molecule has 2 fully saturated rings. The van der Waals surface area contributed by atoms with E-state index in [2.05, 4.69) is 24.8 Å². The van der Waals surface area contributed by atoms with E-state index in [-0.39, 0.29) is 162 Å². The SMILES string of the molecule is CC(C)N(C(=O)c1cc2c(cc1C(F)F)OC(C)(C)C(=O)N2CCNC(=O)C(F)F)C1CCCCC1.CC(C)N(C(=O)c1cc2c(cc1C(F)F)OC(C)(C)C(=O)N2CCNC(=O)OCc1ccccc1)C1CCCCC1.COC(=O)c1cc2c(cc1C(F)F)OC(C)(C)C(=O)C2.COC(=O)c1cc2c(cc1C(F)F)OC(C)(C)C(=O)N2CCNC(=O)OCc1ccccc1.COC(=O)c1ccc(O)cc1C(F)F. The van der Waals surface area contributed by atoms with Gasteiger partial charge in [-0.3, -0.25) is 33.6 Å². The maximum atomic E-state index is 14.3. The van der Waals surface area contributed by atoms with Crippen molar-refractivity contribution in [3.63, 3.8) is 0 Å². The number of hydrogen-bond acceptors (Lipinski definition) is 22. The van der Waals surface area contributed by atoms with E-state index < -0.39 is 154 Å². The van der Waals surface area contributed by atoms with Gasteiger partial charge in [-0.2, -0.15) is 8.78 Å². The standard InChI is InChI=1S/C31H39F2N3O5.C25H33F4N3O4.C23H24F2N2O6.C14H14F2O4.C9H8F2O3/c1-20(2)36(22-13-9-6-10-14-22)28(37)24-17-25-26(18-23(24)27(32)33)41-31(3,4)29(38)35(25)16-15-34-30(39)40-19-21-11-7-5-8-12-21;1-14(2)32(15-8-6-5-7-9-15)23(34)17-12-18-19(13-16(17)20(26)27)36-25(3,4)24(35)31(18)11-10-30-22(33)21(28)29;1-23(2)21(29)27(10-9-26-22(30)32-13-14-7-5-4-6-8-14)17-11-16(20(28)31-3)15(19(24)25)12-18(17)33-23;1-14(2)11(17)5-7-4-9(13(18)19-3)8(12(15)16)6-10(7)20-14;1-14-9(13)6-3-2-5(12)4-7(6)8(10)11/h5,7-8,11-12,17-18,20,22,27H,6,9-10,13-16,19H2,1-4H3,(H,34,39);12-15,20-21H,5-11H2,1-4H3,(H,30,33);4-8,11-12,19H,9-10,13H2,1-3H3,(H,26,30);4,6,12H,5H2,1-3H3;2-4,8,12H,1H3. The number of carbonyl (C=O) groups excluding carboxylic acids is 12.